The van der Waals surface area contributed by atoms with Crippen LogP contribution < -0.4 is 5.32 Å². The molecule has 1 aromatic rings. The molecule has 112 valence electrons. The maximum absolute atomic E-state index is 6.35. The first-order chi connectivity index (χ1) is 9.24. The van der Waals surface area contributed by atoms with Crippen molar-refractivity contribution in [2.75, 3.05) is 13.1 Å². The van der Waals surface area contributed by atoms with E-state index in [1.54, 1.807) is 0 Å². The van der Waals surface area contributed by atoms with Crippen molar-refractivity contribution in [3.8, 4) is 0 Å². The molecule has 0 spiro atoms. The van der Waals surface area contributed by atoms with E-state index in [1.165, 1.54) is 25.7 Å². The molecule has 1 unspecified atom stereocenters. The third-order valence-electron chi connectivity index (χ3n) is 4.15. The quantitative estimate of drug-likeness (QED) is 0.865. The lowest BCUT2D eigenvalue weighted by Gasteiger charge is -2.36. The summed E-state index contributed by atoms with van der Waals surface area (Å²) in [5.74, 6) is 0.554. The molecule has 1 aromatic carbocycles. The minimum absolute atomic E-state index is 0. The lowest BCUT2D eigenvalue weighted by molar-refractivity contribution is -0.0537. The summed E-state index contributed by atoms with van der Waals surface area (Å²) < 4.78 is 6.35. The predicted octanol–water partition coefficient (Wildman–Crippen LogP) is 4.63. The number of nitrogens with one attached hydrogen (secondary N) is 1. The lowest BCUT2D eigenvalue weighted by atomic mass is 9.90. The summed E-state index contributed by atoms with van der Waals surface area (Å²) in [6.45, 7) is 2.05. The van der Waals surface area contributed by atoms with Gasteiger partial charge in [-0.05, 0) is 30.5 Å². The average Bonchev–Trinajstić information content (AvgIpc) is 2.82. The van der Waals surface area contributed by atoms with Gasteiger partial charge < -0.3 is 10.1 Å². The maximum atomic E-state index is 6.35. The van der Waals surface area contributed by atoms with Crippen LogP contribution >= 0.6 is 35.6 Å². The fourth-order valence-corrected chi connectivity index (χ4v) is 3.21. The summed E-state index contributed by atoms with van der Waals surface area (Å²) in [5, 5.41) is 4.55. The molecule has 1 N–H and O–H groups in total. The topological polar surface area (TPSA) is 21.3 Å². The van der Waals surface area contributed by atoms with Crippen LogP contribution in [0.1, 0.15) is 37.4 Å². The zero-order valence-corrected chi connectivity index (χ0v) is 13.6. The number of ether oxygens (including phenoxy) is 1. The van der Waals surface area contributed by atoms with Gasteiger partial charge in [0, 0.05) is 19.0 Å². The van der Waals surface area contributed by atoms with Gasteiger partial charge in [-0.1, -0.05) is 42.1 Å². The summed E-state index contributed by atoms with van der Waals surface area (Å²) in [5.41, 5.74) is 1.16. The van der Waals surface area contributed by atoms with Gasteiger partial charge in [0.2, 0.25) is 0 Å². The third kappa shape index (κ3) is 3.61. The molecule has 0 radical (unpaired) electrons. The second kappa shape index (κ2) is 7.33. The van der Waals surface area contributed by atoms with Crippen molar-refractivity contribution in [1.29, 1.82) is 0 Å². The van der Waals surface area contributed by atoms with Crippen LogP contribution in [0.3, 0.4) is 0 Å². The third-order valence-corrected chi connectivity index (χ3v) is 4.89. The Morgan fingerprint density at radius 1 is 1.10 bits per heavy atom. The summed E-state index contributed by atoms with van der Waals surface area (Å²) in [6.07, 6.45) is 5.54. The largest absolute Gasteiger partial charge is 0.370 e. The molecular weight excluding hydrogens is 317 g/mol. The molecule has 1 aliphatic heterocycles. The monoisotopic (exact) mass is 335 g/mol. The van der Waals surface area contributed by atoms with E-state index in [2.05, 4.69) is 5.32 Å². The molecule has 0 aromatic heterocycles. The number of hydrogen-bond acceptors (Lipinski definition) is 2. The van der Waals surface area contributed by atoms with E-state index in [4.69, 9.17) is 27.9 Å². The fraction of sp³-hybridized carbons (Fsp3) is 0.600. The first-order valence-corrected chi connectivity index (χ1v) is 7.81. The Morgan fingerprint density at radius 2 is 1.80 bits per heavy atom. The van der Waals surface area contributed by atoms with Gasteiger partial charge in [0.15, 0.2) is 0 Å². The minimum Gasteiger partial charge on any atom is -0.370 e. The van der Waals surface area contributed by atoms with Crippen molar-refractivity contribution in [3.63, 3.8) is 0 Å². The van der Waals surface area contributed by atoms with E-state index in [0.717, 1.165) is 18.7 Å². The Morgan fingerprint density at radius 3 is 2.35 bits per heavy atom. The van der Waals surface area contributed by atoms with Crippen molar-refractivity contribution in [2.24, 2.45) is 5.92 Å². The van der Waals surface area contributed by atoms with E-state index >= 15 is 0 Å². The van der Waals surface area contributed by atoms with Gasteiger partial charge in [-0.25, -0.2) is 0 Å². The van der Waals surface area contributed by atoms with Gasteiger partial charge in [0.05, 0.1) is 22.3 Å². The van der Waals surface area contributed by atoms with E-state index < -0.39 is 0 Å². The highest BCUT2D eigenvalue weighted by Gasteiger charge is 2.32. The van der Waals surface area contributed by atoms with E-state index in [-0.39, 0.29) is 18.5 Å². The Balaban J connectivity index is 0.00000147. The van der Waals surface area contributed by atoms with Crippen LogP contribution in [-0.4, -0.2) is 19.2 Å². The number of hydrogen-bond donors (Lipinski definition) is 1. The molecule has 2 nitrogen and oxygen atoms in total. The van der Waals surface area contributed by atoms with Crippen LogP contribution in [0.4, 0.5) is 0 Å². The first kappa shape index (κ1) is 16.4. The molecular formula is C15H20Cl3NO. The molecule has 20 heavy (non-hydrogen) atoms. The molecule has 0 amide bonds. The second-order valence-corrected chi connectivity index (χ2v) is 6.37. The van der Waals surface area contributed by atoms with Gasteiger partial charge in [-0.2, -0.15) is 0 Å². The summed E-state index contributed by atoms with van der Waals surface area (Å²) in [6, 6.07) is 5.88. The van der Waals surface area contributed by atoms with Crippen molar-refractivity contribution in [1.82, 2.24) is 5.32 Å². The highest BCUT2D eigenvalue weighted by atomic mass is 35.5. The van der Waals surface area contributed by atoms with Gasteiger partial charge in [0.1, 0.15) is 0 Å². The van der Waals surface area contributed by atoms with Crippen LogP contribution in [0.15, 0.2) is 18.2 Å². The van der Waals surface area contributed by atoms with E-state index in [1.807, 2.05) is 18.2 Å². The number of halogens is 3. The van der Waals surface area contributed by atoms with Crippen molar-refractivity contribution >= 4 is 35.6 Å². The molecule has 1 heterocycles. The van der Waals surface area contributed by atoms with E-state index in [9.17, 15) is 0 Å². The highest BCUT2D eigenvalue weighted by Crippen LogP contribution is 2.36. The van der Waals surface area contributed by atoms with Crippen molar-refractivity contribution in [2.45, 2.75) is 37.9 Å². The second-order valence-electron chi connectivity index (χ2n) is 5.56. The van der Waals surface area contributed by atoms with Crippen LogP contribution in [0, 0.1) is 5.92 Å². The van der Waals surface area contributed by atoms with Gasteiger partial charge >= 0.3 is 0 Å². The minimum atomic E-state index is 0. The molecule has 2 fully saturated rings. The molecule has 0 bridgehead atoms. The zero-order valence-electron chi connectivity index (χ0n) is 11.3. The Bertz CT molecular complexity index is 445. The molecule has 5 heteroatoms. The zero-order chi connectivity index (χ0) is 13.2. The van der Waals surface area contributed by atoms with Crippen molar-refractivity contribution in [3.05, 3.63) is 33.8 Å². The maximum Gasteiger partial charge on any atom is 0.0881 e. The molecule has 3 rings (SSSR count). The summed E-state index contributed by atoms with van der Waals surface area (Å²) >= 11 is 12.1. The molecule has 1 atom stereocenters. The highest BCUT2D eigenvalue weighted by molar-refractivity contribution is 6.42. The summed E-state index contributed by atoms with van der Waals surface area (Å²) in [7, 11) is 0. The Labute approximate surface area is 136 Å². The molecule has 1 saturated carbocycles. The van der Waals surface area contributed by atoms with E-state index in [0.29, 0.717) is 22.1 Å². The molecule has 1 aliphatic carbocycles. The normalized spacial score (nSPS) is 21.3. The van der Waals surface area contributed by atoms with Crippen molar-refractivity contribution < 1.29 is 4.74 Å². The Kier molecular flexibility index (Phi) is 6.00. The van der Waals surface area contributed by atoms with Crippen LogP contribution in [0.5, 0.6) is 0 Å². The summed E-state index contributed by atoms with van der Waals surface area (Å²) in [4.78, 5) is 0. The van der Waals surface area contributed by atoms with Crippen LogP contribution in [0.2, 0.25) is 10.0 Å². The first-order valence-electron chi connectivity index (χ1n) is 7.05. The Hall–Kier alpha value is 0.01000. The van der Waals surface area contributed by atoms with Gasteiger partial charge in [0.25, 0.3) is 0 Å². The van der Waals surface area contributed by atoms with Gasteiger partial charge in [-0.3, -0.25) is 0 Å². The SMILES string of the molecule is Cl.Clc1ccc(C(OC2CCCC2)C2CNC2)cc1Cl. The number of rotatable bonds is 4. The standard InChI is InChI=1S/C15H19Cl2NO.ClH/c16-13-6-5-10(7-14(13)17)15(11-8-18-9-11)19-12-3-1-2-4-12;/h5-7,11-12,15,18H,1-4,8-9H2;1H. The van der Waals surface area contributed by atoms with Crippen LogP contribution in [-0.2, 0) is 4.74 Å². The predicted molar refractivity (Wildman–Crippen MR) is 86.2 cm³/mol. The smallest absolute Gasteiger partial charge is 0.0881 e. The fourth-order valence-electron chi connectivity index (χ4n) is 2.91. The number of benzene rings is 1. The lowest BCUT2D eigenvalue weighted by Crippen LogP contribution is -2.46. The average molecular weight is 337 g/mol. The molecule has 1 saturated heterocycles. The van der Waals surface area contributed by atoms with Crippen LogP contribution in [0.25, 0.3) is 0 Å². The van der Waals surface area contributed by atoms with Gasteiger partial charge in [-0.15, -0.1) is 12.4 Å². The molecule has 2 aliphatic rings.